The van der Waals surface area contributed by atoms with Gasteiger partial charge in [0.15, 0.2) is 5.82 Å². The minimum Gasteiger partial charge on any atom is -0.226 e. The van der Waals surface area contributed by atoms with Gasteiger partial charge in [-0.05, 0) is 24.0 Å². The highest BCUT2D eigenvalue weighted by Gasteiger charge is 2.08. The summed E-state index contributed by atoms with van der Waals surface area (Å²) < 4.78 is 6.15. The van der Waals surface area contributed by atoms with Gasteiger partial charge in [-0.3, -0.25) is 0 Å². The number of fused-ring (bicyclic) bond motifs is 3. The lowest BCUT2D eigenvalue weighted by Gasteiger charge is -1.93. The zero-order valence-corrected chi connectivity index (χ0v) is 7.21. The van der Waals surface area contributed by atoms with Gasteiger partial charge < -0.3 is 0 Å². The van der Waals surface area contributed by atoms with Gasteiger partial charge >= 0.3 is 0 Å². The molecule has 1 aromatic rings. The van der Waals surface area contributed by atoms with Crippen molar-refractivity contribution in [1.82, 2.24) is 9.66 Å². The van der Waals surface area contributed by atoms with Crippen LogP contribution in [0.4, 0.5) is 0 Å². The fourth-order valence-electron chi connectivity index (χ4n) is 1.52. The van der Waals surface area contributed by atoms with Crippen LogP contribution in [0.25, 0.3) is 12.2 Å². The number of rotatable bonds is 0. The van der Waals surface area contributed by atoms with E-state index in [4.69, 9.17) is 0 Å². The van der Waals surface area contributed by atoms with E-state index in [1.54, 1.807) is 0 Å². The van der Waals surface area contributed by atoms with Gasteiger partial charge in [0.25, 0.3) is 0 Å². The first-order chi connectivity index (χ1) is 5.95. The first kappa shape index (κ1) is 6.37. The summed E-state index contributed by atoms with van der Waals surface area (Å²) in [5.74, 6) is 0.972. The summed E-state index contributed by atoms with van der Waals surface area (Å²) in [7, 11) is 0. The van der Waals surface area contributed by atoms with Crippen LogP contribution in [-0.4, -0.2) is 15.0 Å². The van der Waals surface area contributed by atoms with E-state index in [2.05, 4.69) is 21.6 Å². The molecule has 0 atom stereocenters. The van der Waals surface area contributed by atoms with Crippen molar-refractivity contribution in [3.8, 4) is 0 Å². The van der Waals surface area contributed by atoms with Gasteiger partial charge in [-0.2, -0.15) is 0 Å². The Morgan fingerprint density at radius 1 is 1.33 bits per heavy atom. The second kappa shape index (κ2) is 2.17. The molecule has 2 aliphatic rings. The Morgan fingerprint density at radius 2 is 2.25 bits per heavy atom. The van der Waals surface area contributed by atoms with Gasteiger partial charge in [-0.25, -0.2) is 9.66 Å². The van der Waals surface area contributed by atoms with Crippen molar-refractivity contribution in [1.29, 1.82) is 0 Å². The molecule has 3 nitrogen and oxygen atoms in total. The van der Waals surface area contributed by atoms with Gasteiger partial charge in [0.1, 0.15) is 0 Å². The summed E-state index contributed by atoms with van der Waals surface area (Å²) in [6, 6.07) is 0. The van der Waals surface area contributed by atoms with Crippen LogP contribution in [0, 0.1) is 0 Å². The molecule has 3 rings (SSSR count). The molecule has 0 spiro atoms. The first-order valence-corrected chi connectivity index (χ1v) is 4.78. The van der Waals surface area contributed by atoms with Crippen molar-refractivity contribution in [3.63, 3.8) is 0 Å². The minimum atomic E-state index is 0.972. The molecule has 4 heteroatoms. The Hall–Kier alpha value is -1.16. The molecule has 1 aromatic heterocycles. The molecule has 2 heterocycles. The van der Waals surface area contributed by atoms with Gasteiger partial charge in [-0.15, -0.1) is 4.47 Å². The molecule has 0 radical (unpaired) electrons. The topological polar surface area (TPSA) is 30.2 Å². The maximum atomic E-state index is 4.44. The van der Waals surface area contributed by atoms with E-state index in [1.165, 1.54) is 11.1 Å². The van der Waals surface area contributed by atoms with Crippen molar-refractivity contribution in [3.05, 3.63) is 16.5 Å². The van der Waals surface area contributed by atoms with Crippen LogP contribution in [-0.2, 0) is 11.1 Å². The van der Waals surface area contributed by atoms with Crippen molar-refractivity contribution in [2.24, 2.45) is 4.47 Å². The third-order valence-corrected chi connectivity index (χ3v) is 2.65. The second-order valence-corrected chi connectivity index (χ2v) is 3.45. The lowest BCUT2D eigenvalue weighted by Crippen LogP contribution is -2.30. The molecule has 0 amide bonds. The number of hydrogen-bond acceptors (Lipinski definition) is 2. The summed E-state index contributed by atoms with van der Waals surface area (Å²) >= 11 is 1.45. The van der Waals surface area contributed by atoms with E-state index in [-0.39, 0.29) is 0 Å². The third kappa shape index (κ3) is 0.701. The molecule has 0 bridgehead atoms. The molecule has 12 heavy (non-hydrogen) atoms. The summed E-state index contributed by atoms with van der Waals surface area (Å²) in [4.78, 5) is 4.44. The van der Waals surface area contributed by atoms with E-state index in [0.29, 0.717) is 0 Å². The number of imidazole rings is 1. The van der Waals surface area contributed by atoms with Crippen LogP contribution in [0.5, 0.6) is 0 Å². The van der Waals surface area contributed by atoms with Crippen LogP contribution in [0.1, 0.15) is 18.7 Å². The SMILES string of the molecule is C1=S=Nn2c1nc1c2=CCCC=1. The van der Waals surface area contributed by atoms with Crippen molar-refractivity contribution >= 4 is 28.7 Å². The van der Waals surface area contributed by atoms with E-state index in [0.717, 1.165) is 29.4 Å². The second-order valence-electron chi connectivity index (χ2n) is 2.84. The normalized spacial score (nSPS) is 17.3. The summed E-state index contributed by atoms with van der Waals surface area (Å²) in [5, 5.41) is 4.23. The largest absolute Gasteiger partial charge is 0.226 e. The molecule has 1 aliphatic heterocycles. The Kier molecular flexibility index (Phi) is 1.15. The monoisotopic (exact) mass is 177 g/mol. The van der Waals surface area contributed by atoms with Gasteiger partial charge in [-0.1, -0.05) is 12.2 Å². The highest BCUT2D eigenvalue weighted by atomic mass is 32.1. The van der Waals surface area contributed by atoms with Crippen LogP contribution in [0.3, 0.4) is 0 Å². The van der Waals surface area contributed by atoms with Crippen LogP contribution >= 0.6 is 0 Å². The number of aromatic nitrogens is 2. The highest BCUT2D eigenvalue weighted by molar-refractivity contribution is 7.67. The summed E-state index contributed by atoms with van der Waals surface area (Å²) in [5.41, 5.74) is 0. The zero-order valence-electron chi connectivity index (χ0n) is 6.40. The number of hydrogen-bond donors (Lipinski definition) is 0. The summed E-state index contributed by atoms with van der Waals surface area (Å²) in [6.07, 6.45) is 6.60. The van der Waals surface area contributed by atoms with Crippen molar-refractivity contribution < 1.29 is 0 Å². The maximum Gasteiger partial charge on any atom is 0.167 e. The van der Waals surface area contributed by atoms with Gasteiger partial charge in [0.2, 0.25) is 0 Å². The van der Waals surface area contributed by atoms with E-state index < -0.39 is 0 Å². The zero-order chi connectivity index (χ0) is 7.97. The molecule has 0 saturated carbocycles. The van der Waals surface area contributed by atoms with Crippen LogP contribution in [0.2, 0.25) is 0 Å². The van der Waals surface area contributed by atoms with Crippen molar-refractivity contribution in [2.45, 2.75) is 12.8 Å². The fraction of sp³-hybridized carbons (Fsp3) is 0.250. The predicted molar refractivity (Wildman–Crippen MR) is 50.0 cm³/mol. The third-order valence-electron chi connectivity index (χ3n) is 2.07. The molecule has 0 aromatic carbocycles. The quantitative estimate of drug-likeness (QED) is 0.496. The molecule has 0 N–H and O–H groups in total. The smallest absolute Gasteiger partial charge is 0.167 e. The van der Waals surface area contributed by atoms with Crippen LogP contribution in [0.15, 0.2) is 4.47 Å². The molecule has 0 saturated heterocycles. The lowest BCUT2D eigenvalue weighted by molar-refractivity contribution is 0.856. The fourth-order valence-corrected chi connectivity index (χ4v) is 2.08. The molecular formula is C8H7N3S. The van der Waals surface area contributed by atoms with E-state index in [9.17, 15) is 0 Å². The highest BCUT2D eigenvalue weighted by Crippen LogP contribution is 1.97. The Bertz CT molecular complexity index is 517. The Labute approximate surface area is 72.7 Å². The number of nitrogens with zero attached hydrogens (tertiary/aromatic N) is 3. The first-order valence-electron chi connectivity index (χ1n) is 3.95. The Balaban J connectivity index is 2.52. The predicted octanol–water partition coefficient (Wildman–Crippen LogP) is -0.569. The van der Waals surface area contributed by atoms with Crippen LogP contribution < -0.4 is 10.7 Å². The van der Waals surface area contributed by atoms with E-state index >= 15 is 0 Å². The average Bonchev–Trinajstić information content (AvgIpc) is 2.62. The maximum absolute atomic E-state index is 4.44. The average molecular weight is 177 g/mol. The molecule has 0 fully saturated rings. The van der Waals surface area contributed by atoms with Gasteiger partial charge in [0, 0.05) is 0 Å². The Morgan fingerprint density at radius 3 is 3.25 bits per heavy atom. The van der Waals surface area contributed by atoms with Crippen molar-refractivity contribution in [2.75, 3.05) is 0 Å². The molecular weight excluding hydrogens is 170 g/mol. The summed E-state index contributed by atoms with van der Waals surface area (Å²) in [6.45, 7) is 0. The van der Waals surface area contributed by atoms with Gasteiger partial charge in [0.05, 0.1) is 16.1 Å². The molecule has 1 aliphatic carbocycles. The molecule has 60 valence electrons. The molecule has 0 unspecified atom stereocenters. The standard InChI is InChI=1S/C8H7N3S/c1-2-4-7-6(3-1)9-8-5-12-10-11(7)8/h3-5H,1-2H2. The lowest BCUT2D eigenvalue weighted by atomic mass is 10.2. The minimum absolute atomic E-state index is 0.972. The van der Waals surface area contributed by atoms with E-state index in [1.807, 2.05) is 10.0 Å².